The first-order chi connectivity index (χ1) is 17.5. The van der Waals surface area contributed by atoms with E-state index in [0.717, 1.165) is 18.4 Å². The number of ether oxygens (including phenoxy) is 1. The highest BCUT2D eigenvalue weighted by Gasteiger charge is 2.13. The van der Waals surface area contributed by atoms with Crippen LogP contribution in [0.1, 0.15) is 42.9 Å². The number of unbranched alkanes of at least 4 members (excludes halogenated alkanes) is 2. The van der Waals surface area contributed by atoms with E-state index in [1.54, 1.807) is 60.7 Å². The first kappa shape index (κ1) is 25.3. The Morgan fingerprint density at radius 1 is 0.694 bits per heavy atom. The Hall–Kier alpha value is -3.79. The molecule has 0 atom stereocenters. The Balaban J connectivity index is 1.48. The van der Waals surface area contributed by atoms with Crippen molar-refractivity contribution in [3.8, 4) is 28.0 Å². The van der Waals surface area contributed by atoms with E-state index in [1.165, 1.54) is 31.6 Å². The van der Waals surface area contributed by atoms with E-state index in [-0.39, 0.29) is 16.9 Å². The molecular weight excluding hydrogens is 457 g/mol. The number of methoxy groups -OCH3 is 1. The molecule has 4 aromatic rings. The minimum absolute atomic E-state index is 0.165. The first-order valence-electron chi connectivity index (χ1n) is 12.2. The Kier molecular flexibility index (Phi) is 8.27. The van der Waals surface area contributed by atoms with Crippen molar-refractivity contribution >= 4 is 12.2 Å². The monoisotopic (exact) mass is 486 g/mol. The number of hydrogen-bond acceptors (Lipinski definition) is 1. The van der Waals surface area contributed by atoms with Crippen molar-refractivity contribution in [1.82, 2.24) is 0 Å². The molecule has 36 heavy (non-hydrogen) atoms. The van der Waals surface area contributed by atoms with Crippen LogP contribution in [0.4, 0.5) is 13.2 Å². The lowest BCUT2D eigenvalue weighted by molar-refractivity contribution is 0.411. The summed E-state index contributed by atoms with van der Waals surface area (Å²) < 4.78 is 49.1. The van der Waals surface area contributed by atoms with Crippen LogP contribution < -0.4 is 4.74 Å². The molecule has 0 saturated heterocycles. The molecule has 0 aromatic heterocycles. The molecule has 0 radical (unpaired) electrons. The zero-order valence-electron chi connectivity index (χ0n) is 20.5. The molecule has 0 amide bonds. The summed E-state index contributed by atoms with van der Waals surface area (Å²) >= 11 is 0. The fourth-order valence-corrected chi connectivity index (χ4v) is 4.16. The van der Waals surface area contributed by atoms with Gasteiger partial charge in [-0.25, -0.2) is 13.2 Å². The summed E-state index contributed by atoms with van der Waals surface area (Å²) in [7, 11) is 1.49. The average Bonchev–Trinajstić information content (AvgIpc) is 2.90. The standard InChI is InChI=1S/C32H29F3O/c1-3-4-5-6-22-7-14-25(15-8-22)29-19-17-26(31(34)32(29)35)16-11-23-9-12-24(13-10-23)28-20-18-27(36-2)21-30(28)33/h7-21H,3-6H2,1-2H3/b16-11+. The number of aryl methyl sites for hydroxylation is 1. The smallest absolute Gasteiger partial charge is 0.167 e. The van der Waals surface area contributed by atoms with Crippen molar-refractivity contribution in [1.29, 1.82) is 0 Å². The largest absolute Gasteiger partial charge is 0.497 e. The average molecular weight is 487 g/mol. The van der Waals surface area contributed by atoms with E-state index in [4.69, 9.17) is 4.74 Å². The third-order valence-corrected chi connectivity index (χ3v) is 6.30. The highest BCUT2D eigenvalue weighted by atomic mass is 19.2. The van der Waals surface area contributed by atoms with Gasteiger partial charge in [-0.1, -0.05) is 92.6 Å². The predicted molar refractivity (Wildman–Crippen MR) is 142 cm³/mol. The van der Waals surface area contributed by atoms with Gasteiger partial charge in [-0.15, -0.1) is 0 Å². The van der Waals surface area contributed by atoms with Crippen LogP contribution in [0.3, 0.4) is 0 Å². The Bertz CT molecular complexity index is 1340. The van der Waals surface area contributed by atoms with Crippen LogP contribution in [0, 0.1) is 17.5 Å². The van der Waals surface area contributed by atoms with Gasteiger partial charge < -0.3 is 4.74 Å². The number of hydrogen-bond donors (Lipinski definition) is 0. The van der Waals surface area contributed by atoms with E-state index < -0.39 is 11.6 Å². The SMILES string of the molecule is CCCCCc1ccc(-c2ccc(/C=C/c3ccc(-c4ccc(OC)cc4F)cc3)c(F)c2F)cc1. The van der Waals surface area contributed by atoms with Crippen molar-refractivity contribution in [2.24, 2.45) is 0 Å². The molecule has 0 aliphatic rings. The zero-order chi connectivity index (χ0) is 25.5. The van der Waals surface area contributed by atoms with Gasteiger partial charge in [0, 0.05) is 22.8 Å². The molecule has 0 unspecified atom stereocenters. The van der Waals surface area contributed by atoms with Gasteiger partial charge in [0.05, 0.1) is 7.11 Å². The summed E-state index contributed by atoms with van der Waals surface area (Å²) in [6, 6.07) is 22.8. The molecule has 0 bridgehead atoms. The second-order valence-corrected chi connectivity index (χ2v) is 8.79. The summed E-state index contributed by atoms with van der Waals surface area (Å²) in [4.78, 5) is 0. The quantitative estimate of drug-likeness (QED) is 0.169. The maximum atomic E-state index is 14.9. The maximum absolute atomic E-state index is 14.9. The van der Waals surface area contributed by atoms with Gasteiger partial charge in [0.1, 0.15) is 11.6 Å². The lowest BCUT2D eigenvalue weighted by atomic mass is 9.99. The lowest BCUT2D eigenvalue weighted by Gasteiger charge is -2.08. The van der Waals surface area contributed by atoms with Gasteiger partial charge in [0.15, 0.2) is 11.6 Å². The Labute approximate surface area is 210 Å². The van der Waals surface area contributed by atoms with Crippen LogP contribution in [0.25, 0.3) is 34.4 Å². The summed E-state index contributed by atoms with van der Waals surface area (Å²) in [5.41, 5.74) is 4.23. The van der Waals surface area contributed by atoms with E-state index in [2.05, 4.69) is 6.92 Å². The van der Waals surface area contributed by atoms with E-state index in [9.17, 15) is 13.2 Å². The molecule has 4 rings (SSSR count). The van der Waals surface area contributed by atoms with Crippen LogP contribution in [0.2, 0.25) is 0 Å². The topological polar surface area (TPSA) is 9.23 Å². The maximum Gasteiger partial charge on any atom is 0.167 e. The predicted octanol–water partition coefficient (Wildman–Crippen LogP) is 9.35. The molecular formula is C32H29F3O. The molecule has 0 aliphatic heterocycles. The zero-order valence-corrected chi connectivity index (χ0v) is 20.5. The van der Waals surface area contributed by atoms with Crippen molar-refractivity contribution in [3.05, 3.63) is 113 Å². The Morgan fingerprint density at radius 2 is 1.36 bits per heavy atom. The molecule has 0 N–H and O–H groups in total. The van der Waals surface area contributed by atoms with Crippen molar-refractivity contribution in [3.63, 3.8) is 0 Å². The summed E-state index contributed by atoms with van der Waals surface area (Å²) in [5, 5.41) is 0. The molecule has 0 heterocycles. The number of rotatable bonds is 9. The molecule has 0 fully saturated rings. The van der Waals surface area contributed by atoms with Gasteiger partial charge >= 0.3 is 0 Å². The van der Waals surface area contributed by atoms with Gasteiger partial charge in [0.25, 0.3) is 0 Å². The fourth-order valence-electron chi connectivity index (χ4n) is 4.16. The Morgan fingerprint density at radius 3 is 2.03 bits per heavy atom. The van der Waals surface area contributed by atoms with Crippen molar-refractivity contribution < 1.29 is 17.9 Å². The minimum atomic E-state index is -0.882. The van der Waals surface area contributed by atoms with Gasteiger partial charge in [0.2, 0.25) is 0 Å². The van der Waals surface area contributed by atoms with Gasteiger partial charge in [-0.3, -0.25) is 0 Å². The van der Waals surface area contributed by atoms with Crippen LogP contribution in [-0.2, 0) is 6.42 Å². The van der Waals surface area contributed by atoms with Gasteiger partial charge in [-0.2, -0.15) is 0 Å². The highest BCUT2D eigenvalue weighted by Crippen LogP contribution is 2.29. The number of benzene rings is 4. The summed E-state index contributed by atoms with van der Waals surface area (Å²) in [6.07, 6.45) is 7.71. The first-order valence-corrected chi connectivity index (χ1v) is 12.2. The summed E-state index contributed by atoms with van der Waals surface area (Å²) in [5.74, 6) is -1.66. The van der Waals surface area contributed by atoms with Crippen LogP contribution in [0.15, 0.2) is 78.9 Å². The normalized spacial score (nSPS) is 11.2. The van der Waals surface area contributed by atoms with Crippen molar-refractivity contribution in [2.45, 2.75) is 32.6 Å². The molecule has 0 spiro atoms. The van der Waals surface area contributed by atoms with Gasteiger partial charge in [-0.05, 0) is 47.2 Å². The van der Waals surface area contributed by atoms with Crippen LogP contribution in [-0.4, -0.2) is 7.11 Å². The molecule has 4 heteroatoms. The molecule has 184 valence electrons. The van der Waals surface area contributed by atoms with E-state index in [1.807, 2.05) is 24.3 Å². The summed E-state index contributed by atoms with van der Waals surface area (Å²) in [6.45, 7) is 2.17. The molecule has 0 aliphatic carbocycles. The molecule has 1 nitrogen and oxygen atoms in total. The molecule has 0 saturated carbocycles. The number of halogens is 3. The van der Waals surface area contributed by atoms with Crippen LogP contribution >= 0.6 is 0 Å². The minimum Gasteiger partial charge on any atom is -0.497 e. The van der Waals surface area contributed by atoms with E-state index in [0.29, 0.717) is 22.4 Å². The second kappa shape index (κ2) is 11.8. The van der Waals surface area contributed by atoms with Crippen LogP contribution in [0.5, 0.6) is 5.75 Å². The highest BCUT2D eigenvalue weighted by molar-refractivity contribution is 5.74. The second-order valence-electron chi connectivity index (χ2n) is 8.79. The lowest BCUT2D eigenvalue weighted by Crippen LogP contribution is -1.94. The third-order valence-electron chi connectivity index (χ3n) is 6.30. The molecule has 4 aromatic carbocycles. The fraction of sp³-hybridized carbons (Fsp3) is 0.188. The van der Waals surface area contributed by atoms with Crippen molar-refractivity contribution in [2.75, 3.05) is 7.11 Å². The van der Waals surface area contributed by atoms with E-state index >= 15 is 0 Å². The third kappa shape index (κ3) is 5.88.